The van der Waals surface area contributed by atoms with E-state index in [1.807, 2.05) is 36.9 Å². The zero-order valence-electron chi connectivity index (χ0n) is 11.0. The summed E-state index contributed by atoms with van der Waals surface area (Å²) in [6, 6.07) is 10.1. The van der Waals surface area contributed by atoms with Gasteiger partial charge in [-0.3, -0.25) is 4.68 Å². The van der Waals surface area contributed by atoms with Crippen molar-refractivity contribution in [2.24, 2.45) is 7.05 Å². The fourth-order valence-corrected chi connectivity index (χ4v) is 2.20. The first-order valence-electron chi connectivity index (χ1n) is 6.29. The van der Waals surface area contributed by atoms with Crippen molar-refractivity contribution < 1.29 is 0 Å². The monoisotopic (exact) mass is 253 g/mol. The fraction of sp³-hybridized carbons (Fsp3) is 0.214. The van der Waals surface area contributed by atoms with Gasteiger partial charge in [-0.15, -0.1) is 10.2 Å². The SMILES string of the molecule is CCNc1nnc(-c2ccnn2C)c2ccccc12. The molecule has 3 aromatic rings. The Labute approximate surface area is 111 Å². The van der Waals surface area contributed by atoms with Gasteiger partial charge in [0.2, 0.25) is 0 Å². The molecular formula is C14H15N5. The van der Waals surface area contributed by atoms with E-state index in [1.165, 1.54) is 0 Å². The molecule has 0 aliphatic carbocycles. The molecule has 0 aliphatic rings. The molecule has 0 unspecified atom stereocenters. The molecular weight excluding hydrogens is 238 g/mol. The van der Waals surface area contributed by atoms with Gasteiger partial charge in [-0.1, -0.05) is 24.3 Å². The lowest BCUT2D eigenvalue weighted by molar-refractivity contribution is 0.772. The molecule has 0 bridgehead atoms. The van der Waals surface area contributed by atoms with Crippen LogP contribution in [0.15, 0.2) is 36.5 Å². The van der Waals surface area contributed by atoms with Gasteiger partial charge < -0.3 is 5.32 Å². The van der Waals surface area contributed by atoms with Gasteiger partial charge in [0.15, 0.2) is 5.82 Å². The molecule has 0 amide bonds. The second-order valence-electron chi connectivity index (χ2n) is 4.31. The number of nitrogens with one attached hydrogen (secondary N) is 1. The largest absolute Gasteiger partial charge is 0.368 e. The minimum atomic E-state index is 0.823. The van der Waals surface area contributed by atoms with Crippen LogP contribution >= 0.6 is 0 Å². The van der Waals surface area contributed by atoms with Crippen LogP contribution in [0.2, 0.25) is 0 Å². The van der Waals surface area contributed by atoms with Crippen molar-refractivity contribution in [1.82, 2.24) is 20.0 Å². The van der Waals surface area contributed by atoms with Gasteiger partial charge in [-0.2, -0.15) is 5.10 Å². The number of aromatic nitrogens is 4. The van der Waals surface area contributed by atoms with Gasteiger partial charge in [0.25, 0.3) is 0 Å². The van der Waals surface area contributed by atoms with Gasteiger partial charge in [-0.25, -0.2) is 0 Å². The number of fused-ring (bicyclic) bond motifs is 1. The van der Waals surface area contributed by atoms with Crippen molar-refractivity contribution in [3.05, 3.63) is 36.5 Å². The van der Waals surface area contributed by atoms with E-state index >= 15 is 0 Å². The van der Waals surface area contributed by atoms with Crippen molar-refractivity contribution in [3.8, 4) is 11.4 Å². The number of anilines is 1. The quantitative estimate of drug-likeness (QED) is 0.779. The molecule has 96 valence electrons. The van der Waals surface area contributed by atoms with Gasteiger partial charge >= 0.3 is 0 Å². The first-order chi connectivity index (χ1) is 9.31. The normalized spacial score (nSPS) is 10.8. The van der Waals surface area contributed by atoms with E-state index in [4.69, 9.17) is 0 Å². The highest BCUT2D eigenvalue weighted by atomic mass is 15.3. The Morgan fingerprint density at radius 3 is 2.58 bits per heavy atom. The molecule has 5 nitrogen and oxygen atoms in total. The summed E-state index contributed by atoms with van der Waals surface area (Å²) in [7, 11) is 1.91. The van der Waals surface area contributed by atoms with Gasteiger partial charge in [0.05, 0.1) is 5.69 Å². The highest BCUT2D eigenvalue weighted by Crippen LogP contribution is 2.28. The van der Waals surface area contributed by atoms with E-state index in [0.717, 1.165) is 34.5 Å². The summed E-state index contributed by atoms with van der Waals surface area (Å²) in [4.78, 5) is 0. The van der Waals surface area contributed by atoms with E-state index < -0.39 is 0 Å². The maximum atomic E-state index is 4.36. The van der Waals surface area contributed by atoms with Crippen molar-refractivity contribution in [2.45, 2.75) is 6.92 Å². The molecule has 0 saturated carbocycles. The third-order valence-electron chi connectivity index (χ3n) is 3.10. The fourth-order valence-electron chi connectivity index (χ4n) is 2.20. The summed E-state index contributed by atoms with van der Waals surface area (Å²) in [6.07, 6.45) is 1.77. The number of benzene rings is 1. The van der Waals surface area contributed by atoms with Crippen LogP contribution in [0.4, 0.5) is 5.82 Å². The Morgan fingerprint density at radius 2 is 1.89 bits per heavy atom. The zero-order chi connectivity index (χ0) is 13.2. The first-order valence-corrected chi connectivity index (χ1v) is 6.29. The number of hydrogen-bond donors (Lipinski definition) is 1. The molecule has 5 heteroatoms. The molecule has 0 aliphatic heterocycles. The summed E-state index contributed by atoms with van der Waals surface area (Å²) < 4.78 is 1.81. The van der Waals surface area contributed by atoms with Crippen LogP contribution in [-0.4, -0.2) is 26.5 Å². The Hall–Kier alpha value is -2.43. The minimum absolute atomic E-state index is 0.823. The average Bonchev–Trinajstić information content (AvgIpc) is 2.86. The molecule has 0 saturated heterocycles. The molecule has 0 spiro atoms. The summed E-state index contributed by atoms with van der Waals surface area (Å²) in [5.74, 6) is 0.823. The second kappa shape index (κ2) is 4.68. The number of hydrogen-bond acceptors (Lipinski definition) is 4. The molecule has 2 aromatic heterocycles. The van der Waals surface area contributed by atoms with Crippen LogP contribution < -0.4 is 5.32 Å². The molecule has 1 aromatic carbocycles. The molecule has 0 radical (unpaired) electrons. The van der Waals surface area contributed by atoms with Crippen LogP contribution in [0.1, 0.15) is 6.92 Å². The van der Waals surface area contributed by atoms with E-state index in [9.17, 15) is 0 Å². The highest BCUT2D eigenvalue weighted by Gasteiger charge is 2.12. The van der Waals surface area contributed by atoms with E-state index in [0.29, 0.717) is 0 Å². The van der Waals surface area contributed by atoms with Crippen LogP contribution in [-0.2, 0) is 7.05 Å². The summed E-state index contributed by atoms with van der Waals surface area (Å²) in [6.45, 7) is 2.87. The minimum Gasteiger partial charge on any atom is -0.368 e. The van der Waals surface area contributed by atoms with Crippen molar-refractivity contribution in [1.29, 1.82) is 0 Å². The predicted octanol–water partition coefficient (Wildman–Crippen LogP) is 2.46. The van der Waals surface area contributed by atoms with Gasteiger partial charge in [-0.05, 0) is 13.0 Å². The van der Waals surface area contributed by atoms with Crippen LogP contribution in [0.3, 0.4) is 0 Å². The van der Waals surface area contributed by atoms with Crippen LogP contribution in [0.25, 0.3) is 22.2 Å². The molecule has 1 N–H and O–H groups in total. The zero-order valence-corrected chi connectivity index (χ0v) is 11.0. The van der Waals surface area contributed by atoms with E-state index in [2.05, 4.69) is 32.7 Å². The smallest absolute Gasteiger partial charge is 0.156 e. The lowest BCUT2D eigenvalue weighted by atomic mass is 10.1. The summed E-state index contributed by atoms with van der Waals surface area (Å²) in [5.41, 5.74) is 1.82. The summed E-state index contributed by atoms with van der Waals surface area (Å²) in [5, 5.41) is 18.2. The number of rotatable bonds is 3. The van der Waals surface area contributed by atoms with Crippen LogP contribution in [0.5, 0.6) is 0 Å². The molecule has 0 fully saturated rings. The highest BCUT2D eigenvalue weighted by molar-refractivity contribution is 5.99. The molecule has 0 atom stereocenters. The third-order valence-corrected chi connectivity index (χ3v) is 3.10. The molecule has 2 heterocycles. The Bertz CT molecular complexity index is 717. The van der Waals surface area contributed by atoms with Gasteiger partial charge in [0, 0.05) is 30.6 Å². The second-order valence-corrected chi connectivity index (χ2v) is 4.31. The number of nitrogens with zero attached hydrogens (tertiary/aromatic N) is 4. The third kappa shape index (κ3) is 1.93. The van der Waals surface area contributed by atoms with Crippen LogP contribution in [0, 0.1) is 0 Å². The van der Waals surface area contributed by atoms with E-state index in [-0.39, 0.29) is 0 Å². The van der Waals surface area contributed by atoms with E-state index in [1.54, 1.807) is 6.20 Å². The maximum Gasteiger partial charge on any atom is 0.156 e. The van der Waals surface area contributed by atoms with Gasteiger partial charge in [0.1, 0.15) is 5.69 Å². The average molecular weight is 253 g/mol. The topological polar surface area (TPSA) is 55.6 Å². The maximum absolute atomic E-state index is 4.36. The standard InChI is InChI=1S/C14H15N5/c1-3-15-14-11-7-5-4-6-10(11)13(17-18-14)12-8-9-16-19(12)2/h4-9H,3H2,1-2H3,(H,15,18). The molecule has 19 heavy (non-hydrogen) atoms. The first kappa shape index (κ1) is 11.6. The Morgan fingerprint density at radius 1 is 1.11 bits per heavy atom. The Balaban J connectivity index is 2.28. The molecule has 3 rings (SSSR count). The number of aryl methyl sites for hydroxylation is 1. The van der Waals surface area contributed by atoms with Crippen molar-refractivity contribution >= 4 is 16.6 Å². The summed E-state index contributed by atoms with van der Waals surface area (Å²) >= 11 is 0. The van der Waals surface area contributed by atoms with Crippen molar-refractivity contribution in [2.75, 3.05) is 11.9 Å². The lowest BCUT2D eigenvalue weighted by Crippen LogP contribution is -2.04. The predicted molar refractivity (Wildman–Crippen MR) is 75.9 cm³/mol. The van der Waals surface area contributed by atoms with Crippen molar-refractivity contribution in [3.63, 3.8) is 0 Å². The lowest BCUT2D eigenvalue weighted by Gasteiger charge is -2.09. The Kier molecular flexibility index (Phi) is 2.87.